The Morgan fingerprint density at radius 2 is 1.67 bits per heavy atom. The minimum Gasteiger partial charge on any atom is -0.439 e. The number of carbonyl (C=O) groups excluding carboxylic acids is 1. The fourth-order valence-electron chi connectivity index (χ4n) is 3.04. The molecule has 3 rings (SSSR count). The van der Waals surface area contributed by atoms with Crippen LogP contribution in [0.1, 0.15) is 46.8 Å². The molecule has 138 valence electrons. The molecule has 0 radical (unpaired) electrons. The van der Waals surface area contributed by atoms with Gasteiger partial charge < -0.3 is 10.1 Å². The van der Waals surface area contributed by atoms with Crippen molar-refractivity contribution in [2.75, 3.05) is 5.32 Å². The van der Waals surface area contributed by atoms with Gasteiger partial charge in [0.15, 0.2) is 0 Å². The lowest BCUT2D eigenvalue weighted by atomic mass is 10.0. The highest BCUT2D eigenvalue weighted by atomic mass is 16.5. The highest BCUT2D eigenvalue weighted by molar-refractivity contribution is 6.06. The standard InChI is InChI=1S/C23H24N2O2/c1-15(2)19-10-5-6-11-20(19)27-21-13-12-18(14-24-21)25-23(26)22-16(3)8-7-9-17(22)4/h5-15H,1-4H3,(H,25,26). The van der Waals surface area contributed by atoms with Gasteiger partial charge in [0.25, 0.3) is 5.91 Å². The zero-order valence-corrected chi connectivity index (χ0v) is 16.1. The van der Waals surface area contributed by atoms with E-state index in [9.17, 15) is 4.79 Å². The molecule has 0 aliphatic carbocycles. The van der Waals surface area contributed by atoms with Crippen LogP contribution in [0.2, 0.25) is 0 Å². The summed E-state index contributed by atoms with van der Waals surface area (Å²) in [5.41, 5.74) is 4.36. The van der Waals surface area contributed by atoms with Crippen LogP contribution in [0.15, 0.2) is 60.8 Å². The first-order valence-corrected chi connectivity index (χ1v) is 9.06. The van der Waals surface area contributed by atoms with Gasteiger partial charge in [0.1, 0.15) is 5.75 Å². The quantitative estimate of drug-likeness (QED) is 0.619. The number of amides is 1. The molecule has 0 saturated heterocycles. The molecule has 0 fully saturated rings. The van der Waals surface area contributed by atoms with Crippen molar-refractivity contribution in [1.29, 1.82) is 0 Å². The molecule has 0 atom stereocenters. The molecule has 0 bridgehead atoms. The number of ether oxygens (including phenoxy) is 1. The number of hydrogen-bond acceptors (Lipinski definition) is 3. The molecule has 4 heteroatoms. The number of nitrogens with zero attached hydrogens (tertiary/aromatic N) is 1. The fourth-order valence-corrected chi connectivity index (χ4v) is 3.04. The number of nitrogens with one attached hydrogen (secondary N) is 1. The normalized spacial score (nSPS) is 10.7. The van der Waals surface area contributed by atoms with Crippen molar-refractivity contribution in [2.24, 2.45) is 0 Å². The molecule has 0 unspecified atom stereocenters. The molecule has 1 heterocycles. The molecule has 0 aliphatic rings. The van der Waals surface area contributed by atoms with Crippen LogP contribution in [-0.4, -0.2) is 10.9 Å². The van der Waals surface area contributed by atoms with E-state index in [0.717, 1.165) is 22.4 Å². The van der Waals surface area contributed by atoms with Gasteiger partial charge in [-0.2, -0.15) is 0 Å². The van der Waals surface area contributed by atoms with Crippen molar-refractivity contribution in [1.82, 2.24) is 4.98 Å². The second kappa shape index (κ2) is 8.04. The highest BCUT2D eigenvalue weighted by Gasteiger charge is 2.13. The molecule has 1 N–H and O–H groups in total. The van der Waals surface area contributed by atoms with E-state index in [1.54, 1.807) is 18.3 Å². The van der Waals surface area contributed by atoms with Crippen molar-refractivity contribution in [3.8, 4) is 11.6 Å². The Labute approximate surface area is 160 Å². The SMILES string of the molecule is Cc1cccc(C)c1C(=O)Nc1ccc(Oc2ccccc2C(C)C)nc1. The van der Waals surface area contributed by atoms with Gasteiger partial charge in [-0.25, -0.2) is 4.98 Å². The van der Waals surface area contributed by atoms with Crippen LogP contribution >= 0.6 is 0 Å². The molecule has 3 aromatic rings. The number of pyridine rings is 1. The first-order chi connectivity index (χ1) is 13.0. The molecule has 0 saturated carbocycles. The summed E-state index contributed by atoms with van der Waals surface area (Å²) < 4.78 is 5.93. The van der Waals surface area contributed by atoms with Crippen molar-refractivity contribution in [3.05, 3.63) is 83.0 Å². The maximum atomic E-state index is 12.6. The Bertz CT molecular complexity index is 927. The third-order valence-electron chi connectivity index (χ3n) is 4.46. The third kappa shape index (κ3) is 4.34. The van der Waals surface area contributed by atoms with Gasteiger partial charge >= 0.3 is 0 Å². The van der Waals surface area contributed by atoms with E-state index in [2.05, 4.69) is 30.2 Å². The third-order valence-corrected chi connectivity index (χ3v) is 4.46. The Morgan fingerprint density at radius 1 is 0.963 bits per heavy atom. The molecule has 0 spiro atoms. The van der Waals surface area contributed by atoms with Crippen LogP contribution in [0.5, 0.6) is 11.6 Å². The van der Waals surface area contributed by atoms with Crippen LogP contribution in [0, 0.1) is 13.8 Å². The summed E-state index contributed by atoms with van der Waals surface area (Å²) in [6.45, 7) is 8.12. The predicted molar refractivity (Wildman–Crippen MR) is 109 cm³/mol. The number of rotatable bonds is 5. The smallest absolute Gasteiger partial charge is 0.256 e. The number of anilines is 1. The van der Waals surface area contributed by atoms with E-state index in [4.69, 9.17) is 4.74 Å². The van der Waals surface area contributed by atoms with Gasteiger partial charge in [0, 0.05) is 11.6 Å². The monoisotopic (exact) mass is 360 g/mol. The average molecular weight is 360 g/mol. The van der Waals surface area contributed by atoms with Gasteiger partial charge in [-0.05, 0) is 48.6 Å². The lowest BCUT2D eigenvalue weighted by Crippen LogP contribution is -2.15. The van der Waals surface area contributed by atoms with E-state index >= 15 is 0 Å². The first kappa shape index (κ1) is 18.6. The summed E-state index contributed by atoms with van der Waals surface area (Å²) in [7, 11) is 0. The topological polar surface area (TPSA) is 51.2 Å². The van der Waals surface area contributed by atoms with Crippen LogP contribution in [0.3, 0.4) is 0 Å². The second-order valence-electron chi connectivity index (χ2n) is 6.90. The van der Waals surface area contributed by atoms with E-state index in [1.807, 2.05) is 50.2 Å². The second-order valence-corrected chi connectivity index (χ2v) is 6.90. The molecule has 27 heavy (non-hydrogen) atoms. The fraction of sp³-hybridized carbons (Fsp3) is 0.217. The molecule has 4 nitrogen and oxygen atoms in total. The van der Waals surface area contributed by atoms with Crippen molar-refractivity contribution in [2.45, 2.75) is 33.6 Å². The molecular formula is C23H24N2O2. The van der Waals surface area contributed by atoms with E-state index in [1.165, 1.54) is 0 Å². The molecule has 1 amide bonds. The van der Waals surface area contributed by atoms with Crippen molar-refractivity contribution >= 4 is 11.6 Å². The van der Waals surface area contributed by atoms with Crippen molar-refractivity contribution in [3.63, 3.8) is 0 Å². The molecule has 1 aromatic heterocycles. The van der Waals surface area contributed by atoms with Gasteiger partial charge in [-0.1, -0.05) is 50.2 Å². The minimum atomic E-state index is -0.133. The zero-order chi connectivity index (χ0) is 19.4. The number of para-hydroxylation sites is 1. The van der Waals surface area contributed by atoms with Gasteiger partial charge in [-0.3, -0.25) is 4.79 Å². The summed E-state index contributed by atoms with van der Waals surface area (Å²) in [5.74, 6) is 1.52. The Balaban J connectivity index is 1.74. The zero-order valence-electron chi connectivity index (χ0n) is 16.1. The number of carbonyl (C=O) groups is 1. The molecule has 2 aromatic carbocycles. The summed E-state index contributed by atoms with van der Waals surface area (Å²) in [4.78, 5) is 16.9. The van der Waals surface area contributed by atoms with Crippen LogP contribution in [-0.2, 0) is 0 Å². The van der Waals surface area contributed by atoms with Crippen LogP contribution < -0.4 is 10.1 Å². The van der Waals surface area contributed by atoms with E-state index in [-0.39, 0.29) is 5.91 Å². The average Bonchev–Trinajstić information content (AvgIpc) is 2.63. The summed E-state index contributed by atoms with van der Waals surface area (Å²) in [5, 5.41) is 2.90. The van der Waals surface area contributed by atoms with E-state index < -0.39 is 0 Å². The highest BCUT2D eigenvalue weighted by Crippen LogP contribution is 2.29. The number of aromatic nitrogens is 1. The van der Waals surface area contributed by atoms with Gasteiger partial charge in [0.05, 0.1) is 11.9 Å². The van der Waals surface area contributed by atoms with Gasteiger partial charge in [-0.15, -0.1) is 0 Å². The maximum absolute atomic E-state index is 12.6. The largest absolute Gasteiger partial charge is 0.439 e. The Morgan fingerprint density at radius 3 is 2.30 bits per heavy atom. The number of benzene rings is 2. The molecule has 0 aliphatic heterocycles. The number of hydrogen-bond donors (Lipinski definition) is 1. The Hall–Kier alpha value is -3.14. The lowest BCUT2D eigenvalue weighted by Gasteiger charge is -2.13. The lowest BCUT2D eigenvalue weighted by molar-refractivity contribution is 0.102. The minimum absolute atomic E-state index is 0.133. The van der Waals surface area contributed by atoms with Gasteiger partial charge in [0.2, 0.25) is 5.88 Å². The Kier molecular flexibility index (Phi) is 5.55. The van der Waals surface area contributed by atoms with E-state index in [0.29, 0.717) is 23.0 Å². The summed E-state index contributed by atoms with van der Waals surface area (Å²) >= 11 is 0. The van der Waals surface area contributed by atoms with Crippen molar-refractivity contribution < 1.29 is 9.53 Å². The first-order valence-electron chi connectivity index (χ1n) is 9.06. The predicted octanol–water partition coefficient (Wildman–Crippen LogP) is 5.87. The van der Waals surface area contributed by atoms with Crippen LogP contribution in [0.25, 0.3) is 0 Å². The maximum Gasteiger partial charge on any atom is 0.256 e. The van der Waals surface area contributed by atoms with Crippen LogP contribution in [0.4, 0.5) is 5.69 Å². The number of aryl methyl sites for hydroxylation is 2. The summed E-state index contributed by atoms with van der Waals surface area (Å²) in [6.07, 6.45) is 1.61. The summed E-state index contributed by atoms with van der Waals surface area (Å²) in [6, 6.07) is 17.3. The molecular weight excluding hydrogens is 336 g/mol.